The van der Waals surface area contributed by atoms with E-state index in [1.54, 1.807) is 0 Å². The lowest BCUT2D eigenvalue weighted by atomic mass is 10.1. The van der Waals surface area contributed by atoms with E-state index in [9.17, 15) is 4.79 Å². The third-order valence-electron chi connectivity index (χ3n) is 3.77. The Balaban J connectivity index is 1.92. The van der Waals surface area contributed by atoms with Crippen molar-refractivity contribution in [3.8, 4) is 0 Å². The molecule has 0 N–H and O–H groups in total. The number of rotatable bonds is 2. The molecule has 0 radical (unpaired) electrons. The molecule has 106 valence electrons. The van der Waals surface area contributed by atoms with E-state index in [0.29, 0.717) is 19.8 Å². The van der Waals surface area contributed by atoms with Gasteiger partial charge in [-0.3, -0.25) is 4.79 Å². The van der Waals surface area contributed by atoms with Crippen LogP contribution in [-0.2, 0) is 11.8 Å². The monoisotopic (exact) mass is 290 g/mol. The zero-order valence-electron chi connectivity index (χ0n) is 11.7. The molecule has 0 unspecified atom stereocenters. The molecule has 1 amide bonds. The van der Waals surface area contributed by atoms with Gasteiger partial charge in [-0.05, 0) is 36.1 Å². The van der Waals surface area contributed by atoms with Crippen LogP contribution in [0.25, 0.3) is 0 Å². The van der Waals surface area contributed by atoms with Gasteiger partial charge < -0.3 is 14.2 Å². The Kier molecular flexibility index (Phi) is 3.63. The van der Waals surface area contributed by atoms with E-state index in [4.69, 9.17) is 4.74 Å². The second-order valence-corrected chi connectivity index (χ2v) is 5.98. The topological polar surface area (TPSA) is 34.5 Å². The molecule has 3 rings (SSSR count). The molecule has 1 saturated heterocycles. The van der Waals surface area contributed by atoms with Crippen molar-refractivity contribution in [2.45, 2.75) is 13.0 Å². The highest BCUT2D eigenvalue weighted by Crippen LogP contribution is 2.28. The quantitative estimate of drug-likeness (QED) is 0.852. The van der Waals surface area contributed by atoms with Crippen LogP contribution in [0.1, 0.15) is 27.0 Å². The van der Waals surface area contributed by atoms with E-state index in [-0.39, 0.29) is 11.9 Å². The van der Waals surface area contributed by atoms with Gasteiger partial charge in [0.05, 0.1) is 24.1 Å². The van der Waals surface area contributed by atoms with Gasteiger partial charge in [-0.25, -0.2) is 0 Å². The highest BCUT2D eigenvalue weighted by atomic mass is 32.1. The van der Waals surface area contributed by atoms with E-state index in [1.165, 1.54) is 11.3 Å². The van der Waals surface area contributed by atoms with Crippen LogP contribution in [0.4, 0.5) is 0 Å². The molecular weight excluding hydrogens is 272 g/mol. The van der Waals surface area contributed by atoms with E-state index >= 15 is 0 Å². The van der Waals surface area contributed by atoms with Crippen LogP contribution in [0.3, 0.4) is 0 Å². The minimum atomic E-state index is -0.00208. The second kappa shape index (κ2) is 5.42. The Morgan fingerprint density at radius 2 is 2.30 bits per heavy atom. The third kappa shape index (κ3) is 2.27. The number of amides is 1. The zero-order valence-corrected chi connectivity index (χ0v) is 12.5. The summed E-state index contributed by atoms with van der Waals surface area (Å²) in [6.07, 6.45) is 2.00. The first-order chi connectivity index (χ1) is 9.68. The number of hydrogen-bond acceptors (Lipinski definition) is 3. The molecule has 3 heterocycles. The molecule has 0 saturated carbocycles. The van der Waals surface area contributed by atoms with Crippen molar-refractivity contribution < 1.29 is 9.53 Å². The molecule has 1 fully saturated rings. The zero-order chi connectivity index (χ0) is 14.1. The van der Waals surface area contributed by atoms with Gasteiger partial charge in [-0.1, -0.05) is 0 Å². The molecule has 0 aromatic carbocycles. The summed E-state index contributed by atoms with van der Waals surface area (Å²) in [5.74, 6) is 0.118. The fourth-order valence-electron chi connectivity index (χ4n) is 2.63. The van der Waals surface area contributed by atoms with Gasteiger partial charge in [-0.15, -0.1) is 11.3 Å². The maximum absolute atomic E-state index is 12.8. The average molecular weight is 290 g/mol. The lowest BCUT2D eigenvalue weighted by Gasteiger charge is -2.35. The van der Waals surface area contributed by atoms with Gasteiger partial charge >= 0.3 is 0 Å². The molecule has 5 heteroatoms. The van der Waals surface area contributed by atoms with Crippen molar-refractivity contribution in [3.05, 3.63) is 45.9 Å². The van der Waals surface area contributed by atoms with Crippen molar-refractivity contribution >= 4 is 17.2 Å². The molecule has 0 bridgehead atoms. The maximum Gasteiger partial charge on any atom is 0.264 e. The summed E-state index contributed by atoms with van der Waals surface area (Å²) in [4.78, 5) is 15.6. The van der Waals surface area contributed by atoms with E-state index in [1.807, 2.05) is 42.6 Å². The summed E-state index contributed by atoms with van der Waals surface area (Å²) in [7, 11) is 2.00. The number of nitrogens with zero attached hydrogens (tertiary/aromatic N) is 2. The van der Waals surface area contributed by atoms with Crippen molar-refractivity contribution in [1.29, 1.82) is 0 Å². The summed E-state index contributed by atoms with van der Waals surface area (Å²) in [5, 5.41) is 1.97. The van der Waals surface area contributed by atoms with E-state index < -0.39 is 0 Å². The van der Waals surface area contributed by atoms with Gasteiger partial charge in [0.15, 0.2) is 0 Å². The molecule has 1 aliphatic rings. The van der Waals surface area contributed by atoms with Crippen LogP contribution in [0, 0.1) is 6.92 Å². The number of aromatic nitrogens is 1. The van der Waals surface area contributed by atoms with Crippen LogP contribution in [-0.4, -0.2) is 35.1 Å². The summed E-state index contributed by atoms with van der Waals surface area (Å²) >= 11 is 1.52. The van der Waals surface area contributed by atoms with E-state index in [0.717, 1.165) is 16.1 Å². The molecule has 2 aromatic heterocycles. The largest absolute Gasteiger partial charge is 0.377 e. The minimum Gasteiger partial charge on any atom is -0.377 e. The summed E-state index contributed by atoms with van der Waals surface area (Å²) in [6.45, 7) is 3.80. The Hall–Kier alpha value is -1.59. The first-order valence-corrected chi connectivity index (χ1v) is 7.60. The van der Waals surface area contributed by atoms with Crippen LogP contribution in [0.5, 0.6) is 0 Å². The molecule has 1 aliphatic heterocycles. The van der Waals surface area contributed by atoms with Crippen molar-refractivity contribution in [1.82, 2.24) is 9.47 Å². The first kappa shape index (κ1) is 13.4. The van der Waals surface area contributed by atoms with Crippen LogP contribution < -0.4 is 0 Å². The fourth-order valence-corrected chi connectivity index (χ4v) is 3.51. The van der Waals surface area contributed by atoms with Gasteiger partial charge in [-0.2, -0.15) is 0 Å². The predicted octanol–water partition coefficient (Wildman–Crippen LogP) is 2.61. The molecular formula is C15H18N2O2S. The van der Waals surface area contributed by atoms with Gasteiger partial charge in [0.2, 0.25) is 0 Å². The van der Waals surface area contributed by atoms with Gasteiger partial charge in [0.25, 0.3) is 5.91 Å². The van der Waals surface area contributed by atoms with Crippen LogP contribution in [0.2, 0.25) is 0 Å². The molecule has 4 nitrogen and oxygen atoms in total. The van der Waals surface area contributed by atoms with Gasteiger partial charge in [0, 0.05) is 25.5 Å². The van der Waals surface area contributed by atoms with Crippen molar-refractivity contribution in [2.24, 2.45) is 7.05 Å². The number of aryl methyl sites for hydroxylation is 2. The Labute approximate surface area is 122 Å². The number of carbonyl (C=O) groups excluding carboxylic acids is 1. The standard InChI is InChI=1S/C15H18N2O2S/c1-11-5-9-20-14(11)15(18)17-7-8-19-10-13(17)12-4-3-6-16(12)2/h3-6,9,13H,7-8,10H2,1-2H3/t13-/m0/s1. The van der Waals surface area contributed by atoms with Gasteiger partial charge in [0.1, 0.15) is 0 Å². The molecule has 20 heavy (non-hydrogen) atoms. The van der Waals surface area contributed by atoms with Crippen molar-refractivity contribution in [3.63, 3.8) is 0 Å². The maximum atomic E-state index is 12.8. The molecule has 0 aliphatic carbocycles. The first-order valence-electron chi connectivity index (χ1n) is 6.72. The normalized spacial score (nSPS) is 19.3. The van der Waals surface area contributed by atoms with Crippen LogP contribution in [0.15, 0.2) is 29.8 Å². The second-order valence-electron chi connectivity index (χ2n) is 5.07. The highest BCUT2D eigenvalue weighted by molar-refractivity contribution is 7.12. The fraction of sp³-hybridized carbons (Fsp3) is 0.400. The number of morpholine rings is 1. The molecule has 2 aromatic rings. The van der Waals surface area contributed by atoms with E-state index in [2.05, 4.69) is 10.6 Å². The number of ether oxygens (including phenoxy) is 1. The lowest BCUT2D eigenvalue weighted by Crippen LogP contribution is -2.44. The smallest absolute Gasteiger partial charge is 0.264 e. The Bertz CT molecular complexity index is 617. The van der Waals surface area contributed by atoms with Crippen LogP contribution >= 0.6 is 11.3 Å². The Morgan fingerprint density at radius 1 is 1.45 bits per heavy atom. The number of carbonyl (C=O) groups is 1. The summed E-state index contributed by atoms with van der Waals surface area (Å²) < 4.78 is 7.64. The molecule has 0 spiro atoms. The highest BCUT2D eigenvalue weighted by Gasteiger charge is 2.31. The predicted molar refractivity (Wildman–Crippen MR) is 79.1 cm³/mol. The number of thiophene rings is 1. The molecule has 1 atom stereocenters. The third-order valence-corrected chi connectivity index (χ3v) is 4.78. The summed E-state index contributed by atoms with van der Waals surface area (Å²) in [6, 6.07) is 6.05. The Morgan fingerprint density at radius 3 is 2.95 bits per heavy atom. The summed E-state index contributed by atoms with van der Waals surface area (Å²) in [5.41, 5.74) is 2.17. The van der Waals surface area contributed by atoms with Crippen molar-refractivity contribution in [2.75, 3.05) is 19.8 Å². The lowest BCUT2D eigenvalue weighted by molar-refractivity contribution is -0.00440. The number of hydrogen-bond donors (Lipinski definition) is 0. The average Bonchev–Trinajstić information content (AvgIpc) is 3.06. The SMILES string of the molecule is Cc1ccsc1C(=O)N1CCOC[C@H]1c1cccn1C. The minimum absolute atomic E-state index is 0.00208.